The molecule has 46 heavy (non-hydrogen) atoms. The number of azo groups is 2. The molecule has 5 aromatic carbocycles. The quantitative estimate of drug-likeness (QED) is 0.0432. The summed E-state index contributed by atoms with van der Waals surface area (Å²) >= 11 is 0. The van der Waals surface area contributed by atoms with E-state index in [-0.39, 0.29) is 56.0 Å². The summed E-state index contributed by atoms with van der Waals surface area (Å²) in [6.45, 7) is 0.101. The number of aromatic hydroxyl groups is 2. The van der Waals surface area contributed by atoms with Gasteiger partial charge in [0.2, 0.25) is 0 Å². The standard InChI is InChI=1S/C29H23N5O9S2.Ni/c35-26-16-21(32-31-20-5-4-8-23(15-20)44(37,38)39)10-12-25(26)33-34-28-27(45(40,41)42)14-18-13-19(9-11-24(18)29(28)36)30-17-43-22-6-2-1-3-7-22;/h1-16,30,35-36H,17H2,(H,37,38,39)(H,40,41,42);. The smallest absolute Gasteiger partial charge is 0.296 e. The molecule has 0 heterocycles. The molecule has 5 aromatic rings. The van der Waals surface area contributed by atoms with Crippen molar-refractivity contribution >= 4 is 59.4 Å². The number of benzene rings is 5. The fourth-order valence-corrected chi connectivity index (χ4v) is 5.24. The van der Waals surface area contributed by atoms with E-state index in [4.69, 9.17) is 4.74 Å². The second-order valence-electron chi connectivity index (χ2n) is 9.31. The number of ether oxygens (including phenoxy) is 1. The monoisotopic (exact) mass is 707 g/mol. The van der Waals surface area contributed by atoms with Crippen LogP contribution in [0.5, 0.6) is 17.2 Å². The van der Waals surface area contributed by atoms with Gasteiger partial charge in [0.1, 0.15) is 27.8 Å². The Hall–Kier alpha value is -4.93. The van der Waals surface area contributed by atoms with Crippen LogP contribution in [-0.4, -0.2) is 42.9 Å². The van der Waals surface area contributed by atoms with Crippen LogP contribution >= 0.6 is 0 Å². The van der Waals surface area contributed by atoms with Crippen LogP contribution in [-0.2, 0) is 36.7 Å². The Balaban J connectivity index is 0.00000480. The van der Waals surface area contributed by atoms with Gasteiger partial charge >= 0.3 is 0 Å². The van der Waals surface area contributed by atoms with Gasteiger partial charge in [0, 0.05) is 33.6 Å². The topological polar surface area (TPSA) is 220 Å². The normalized spacial score (nSPS) is 12.0. The minimum absolute atomic E-state index is 0. The molecule has 0 saturated heterocycles. The summed E-state index contributed by atoms with van der Waals surface area (Å²) in [5.41, 5.74) is 0.0960. The van der Waals surface area contributed by atoms with E-state index >= 15 is 0 Å². The second kappa shape index (κ2) is 14.0. The first kappa shape index (κ1) is 34.0. The number of hydrogen-bond donors (Lipinski definition) is 5. The number of anilines is 1. The van der Waals surface area contributed by atoms with Crippen molar-refractivity contribution in [3.63, 3.8) is 0 Å². The third-order valence-corrected chi connectivity index (χ3v) is 7.92. The fourth-order valence-electron chi connectivity index (χ4n) is 4.06. The molecule has 0 spiro atoms. The van der Waals surface area contributed by atoms with Gasteiger partial charge in [-0.15, -0.1) is 10.2 Å². The van der Waals surface area contributed by atoms with Crippen molar-refractivity contribution in [1.29, 1.82) is 0 Å². The molecule has 0 aliphatic carbocycles. The molecule has 0 unspecified atom stereocenters. The molecular formula is C29H23N5NiO9S2. The van der Waals surface area contributed by atoms with E-state index in [9.17, 15) is 36.2 Å². The van der Waals surface area contributed by atoms with Gasteiger partial charge in [-0.2, -0.15) is 27.1 Å². The van der Waals surface area contributed by atoms with Crippen LogP contribution in [0.15, 0.2) is 127 Å². The minimum atomic E-state index is -4.88. The van der Waals surface area contributed by atoms with E-state index < -0.39 is 42.3 Å². The summed E-state index contributed by atoms with van der Waals surface area (Å²) in [6.07, 6.45) is 0. The number of para-hydroxylation sites is 1. The van der Waals surface area contributed by atoms with E-state index in [1.54, 1.807) is 24.3 Å². The third-order valence-electron chi connectivity index (χ3n) is 6.20. The SMILES string of the molecule is O=S(=O)(O)c1cccc(N=Nc2ccc(N=Nc3c(S(=O)(=O)O)cc4cc(NCOc5ccccc5)ccc4c3O)c(O)c2)c1.[Ni]. The van der Waals surface area contributed by atoms with Gasteiger partial charge in [-0.3, -0.25) is 9.11 Å². The van der Waals surface area contributed by atoms with Crippen LogP contribution < -0.4 is 10.1 Å². The molecule has 14 nitrogen and oxygen atoms in total. The molecule has 240 valence electrons. The average Bonchev–Trinajstić information content (AvgIpc) is 3.00. The predicted molar refractivity (Wildman–Crippen MR) is 164 cm³/mol. The third kappa shape index (κ3) is 8.21. The number of phenols is 2. The Morgan fingerprint density at radius 1 is 0.696 bits per heavy atom. The number of hydrogen-bond acceptors (Lipinski definition) is 12. The zero-order valence-electron chi connectivity index (χ0n) is 23.2. The van der Waals surface area contributed by atoms with Crippen molar-refractivity contribution in [3.05, 3.63) is 97.1 Å². The number of phenolic OH excluding ortho intramolecular Hbond substituents is 2. The van der Waals surface area contributed by atoms with Crippen molar-refractivity contribution in [2.45, 2.75) is 9.79 Å². The maximum atomic E-state index is 12.2. The van der Waals surface area contributed by atoms with E-state index in [0.29, 0.717) is 11.4 Å². The summed E-state index contributed by atoms with van der Waals surface area (Å²) < 4.78 is 71.8. The van der Waals surface area contributed by atoms with Gasteiger partial charge in [0.25, 0.3) is 20.2 Å². The van der Waals surface area contributed by atoms with Crippen molar-refractivity contribution in [2.75, 3.05) is 12.0 Å². The molecule has 0 bridgehead atoms. The summed E-state index contributed by atoms with van der Waals surface area (Å²) in [4.78, 5) is -1.09. The summed E-state index contributed by atoms with van der Waals surface area (Å²) in [7, 11) is -9.32. The molecule has 0 atom stereocenters. The maximum Gasteiger partial charge on any atom is 0.296 e. The number of fused-ring (bicyclic) bond motifs is 1. The van der Waals surface area contributed by atoms with Crippen LogP contribution in [0.25, 0.3) is 10.8 Å². The van der Waals surface area contributed by atoms with E-state index in [1.165, 1.54) is 36.4 Å². The van der Waals surface area contributed by atoms with Crippen molar-refractivity contribution < 1.29 is 57.4 Å². The van der Waals surface area contributed by atoms with Gasteiger partial charge in [0.15, 0.2) is 12.5 Å². The summed E-state index contributed by atoms with van der Waals surface area (Å²) in [5, 5.41) is 40.3. The van der Waals surface area contributed by atoms with Crippen molar-refractivity contribution in [2.24, 2.45) is 20.5 Å². The Kier molecular flexibility index (Phi) is 10.3. The molecule has 0 aromatic heterocycles. The van der Waals surface area contributed by atoms with Crippen LogP contribution in [0.1, 0.15) is 0 Å². The minimum Gasteiger partial charge on any atom is -0.506 e. The first-order valence-corrected chi connectivity index (χ1v) is 15.7. The van der Waals surface area contributed by atoms with Gasteiger partial charge in [-0.05, 0) is 72.1 Å². The predicted octanol–water partition coefficient (Wildman–Crippen LogP) is 7.02. The Morgan fingerprint density at radius 3 is 2.09 bits per heavy atom. The van der Waals surface area contributed by atoms with Gasteiger partial charge < -0.3 is 20.3 Å². The van der Waals surface area contributed by atoms with Crippen LogP contribution in [0, 0.1) is 0 Å². The van der Waals surface area contributed by atoms with Gasteiger partial charge in [0.05, 0.1) is 16.3 Å². The molecule has 0 amide bonds. The molecule has 0 radical (unpaired) electrons. The van der Waals surface area contributed by atoms with E-state index in [2.05, 4.69) is 25.8 Å². The zero-order valence-corrected chi connectivity index (χ0v) is 25.8. The molecule has 5 rings (SSSR count). The molecule has 17 heteroatoms. The van der Waals surface area contributed by atoms with Crippen molar-refractivity contribution in [3.8, 4) is 17.2 Å². The van der Waals surface area contributed by atoms with Crippen LogP contribution in [0.4, 0.5) is 28.4 Å². The molecule has 0 aliphatic rings. The average molecular weight is 708 g/mol. The first-order chi connectivity index (χ1) is 21.4. The molecule has 0 fully saturated rings. The summed E-state index contributed by atoms with van der Waals surface area (Å²) in [6, 6.07) is 23.8. The van der Waals surface area contributed by atoms with E-state index in [0.717, 1.165) is 18.2 Å². The molecule has 0 aliphatic heterocycles. The first-order valence-electron chi connectivity index (χ1n) is 12.8. The molecule has 5 N–H and O–H groups in total. The number of nitrogens with zero attached hydrogens (tertiary/aromatic N) is 4. The van der Waals surface area contributed by atoms with Gasteiger partial charge in [-0.25, -0.2) is 0 Å². The maximum absolute atomic E-state index is 12.2. The zero-order chi connectivity index (χ0) is 32.2. The Morgan fingerprint density at radius 2 is 1.41 bits per heavy atom. The second-order valence-corrected chi connectivity index (χ2v) is 12.1. The van der Waals surface area contributed by atoms with Crippen LogP contribution in [0.3, 0.4) is 0 Å². The number of rotatable bonds is 10. The Labute approximate surface area is 272 Å². The van der Waals surface area contributed by atoms with E-state index in [1.807, 2.05) is 18.2 Å². The Bertz CT molecular complexity index is 2180. The number of nitrogens with one attached hydrogen (secondary N) is 1. The van der Waals surface area contributed by atoms with Gasteiger partial charge in [-0.1, -0.05) is 24.3 Å². The van der Waals surface area contributed by atoms with Crippen LogP contribution in [0.2, 0.25) is 0 Å². The largest absolute Gasteiger partial charge is 0.506 e. The summed E-state index contributed by atoms with van der Waals surface area (Å²) in [5.74, 6) is -0.377. The van der Waals surface area contributed by atoms with Crippen molar-refractivity contribution in [1.82, 2.24) is 0 Å². The fraction of sp³-hybridized carbons (Fsp3) is 0.0345. The molecule has 0 saturated carbocycles. The molecular weight excluding hydrogens is 685 g/mol.